The first-order valence-electron chi connectivity index (χ1n) is 7.17. The van der Waals surface area contributed by atoms with Gasteiger partial charge in [0.2, 0.25) is 0 Å². The fourth-order valence-corrected chi connectivity index (χ4v) is 2.33. The maximum Gasteiger partial charge on any atom is 0.336 e. The molecule has 6 nitrogen and oxygen atoms in total. The van der Waals surface area contributed by atoms with E-state index >= 15 is 0 Å². The molecule has 0 unspecified atom stereocenters. The third kappa shape index (κ3) is 3.28. The van der Waals surface area contributed by atoms with Crippen LogP contribution in [0.25, 0.3) is 11.0 Å². The molecule has 0 amide bonds. The average molecular weight is 305 g/mol. The summed E-state index contributed by atoms with van der Waals surface area (Å²) in [7, 11) is 0. The van der Waals surface area contributed by atoms with Crippen LogP contribution in [0.3, 0.4) is 0 Å². The molecule has 0 aliphatic rings. The Morgan fingerprint density at radius 3 is 2.77 bits per heavy atom. The van der Waals surface area contributed by atoms with Gasteiger partial charge in [-0.15, -0.1) is 0 Å². The predicted molar refractivity (Wildman–Crippen MR) is 82.1 cm³/mol. The maximum absolute atomic E-state index is 11.7. The zero-order valence-electron chi connectivity index (χ0n) is 12.5. The molecule has 1 aromatic carbocycles. The minimum atomic E-state index is -0.993. The standard InChI is InChI=1S/C16H19NO5/c1-3-4-10-7-14(19)22-15-11(10)5-6-13(18)12(15)8-17-9(2)16(20)21/h5-7,9,17-18H,3-4,8H2,1-2H3,(H,20,21)/t9-/m1/s1. The molecule has 0 fully saturated rings. The average Bonchev–Trinajstić information content (AvgIpc) is 2.45. The normalized spacial score (nSPS) is 12.5. The number of rotatable bonds is 6. The van der Waals surface area contributed by atoms with Crippen LogP contribution in [0.2, 0.25) is 0 Å². The smallest absolute Gasteiger partial charge is 0.336 e. The Kier molecular flexibility index (Phi) is 4.82. The predicted octanol–water partition coefficient (Wildman–Crippen LogP) is 2.01. The van der Waals surface area contributed by atoms with Crippen LogP contribution in [-0.2, 0) is 17.8 Å². The van der Waals surface area contributed by atoms with Gasteiger partial charge in [0, 0.05) is 18.0 Å². The van der Waals surface area contributed by atoms with Gasteiger partial charge in [0.25, 0.3) is 0 Å². The van der Waals surface area contributed by atoms with Gasteiger partial charge in [-0.3, -0.25) is 4.79 Å². The maximum atomic E-state index is 11.7. The summed E-state index contributed by atoms with van der Waals surface area (Å²) in [4.78, 5) is 22.6. The van der Waals surface area contributed by atoms with E-state index in [0.717, 1.165) is 23.8 Å². The summed E-state index contributed by atoms with van der Waals surface area (Å²) in [6.45, 7) is 3.61. The van der Waals surface area contributed by atoms with E-state index < -0.39 is 17.6 Å². The molecule has 0 radical (unpaired) electrons. The number of hydrogen-bond acceptors (Lipinski definition) is 5. The van der Waals surface area contributed by atoms with Gasteiger partial charge in [0.1, 0.15) is 17.4 Å². The third-order valence-corrected chi connectivity index (χ3v) is 3.55. The number of aromatic hydroxyl groups is 1. The SMILES string of the molecule is CCCc1cc(=O)oc2c(CN[C@H](C)C(=O)O)c(O)ccc12. The van der Waals surface area contributed by atoms with Gasteiger partial charge in [-0.1, -0.05) is 13.3 Å². The van der Waals surface area contributed by atoms with Gasteiger partial charge < -0.3 is 19.9 Å². The first-order valence-corrected chi connectivity index (χ1v) is 7.17. The van der Waals surface area contributed by atoms with E-state index in [1.807, 2.05) is 6.92 Å². The Labute approximate surface area is 127 Å². The van der Waals surface area contributed by atoms with Gasteiger partial charge >= 0.3 is 11.6 Å². The van der Waals surface area contributed by atoms with E-state index in [0.29, 0.717) is 11.1 Å². The van der Waals surface area contributed by atoms with Crippen molar-refractivity contribution in [2.45, 2.75) is 39.3 Å². The second-order valence-electron chi connectivity index (χ2n) is 5.22. The number of nitrogens with one attached hydrogen (secondary N) is 1. The lowest BCUT2D eigenvalue weighted by molar-refractivity contribution is -0.139. The molecule has 1 heterocycles. The number of phenolic OH excluding ortho intramolecular Hbond substituents is 1. The summed E-state index contributed by atoms with van der Waals surface area (Å²) >= 11 is 0. The number of benzene rings is 1. The molecule has 0 bridgehead atoms. The summed E-state index contributed by atoms with van der Waals surface area (Å²) in [5, 5.41) is 22.5. The molecule has 22 heavy (non-hydrogen) atoms. The molecule has 6 heteroatoms. The zero-order valence-corrected chi connectivity index (χ0v) is 12.5. The highest BCUT2D eigenvalue weighted by atomic mass is 16.4. The van der Waals surface area contributed by atoms with Crippen LogP contribution in [0.1, 0.15) is 31.4 Å². The van der Waals surface area contributed by atoms with Gasteiger partial charge in [-0.25, -0.2) is 4.79 Å². The number of fused-ring (bicyclic) bond motifs is 1. The Balaban J connectivity index is 2.50. The Morgan fingerprint density at radius 1 is 1.41 bits per heavy atom. The van der Waals surface area contributed by atoms with E-state index in [-0.39, 0.29) is 12.3 Å². The lowest BCUT2D eigenvalue weighted by Crippen LogP contribution is -2.33. The minimum Gasteiger partial charge on any atom is -0.507 e. The highest BCUT2D eigenvalue weighted by Crippen LogP contribution is 2.28. The Bertz CT molecular complexity index is 750. The number of phenols is 1. The largest absolute Gasteiger partial charge is 0.507 e. The summed E-state index contributed by atoms with van der Waals surface area (Å²) in [6.07, 6.45) is 1.61. The number of carbonyl (C=O) groups is 1. The molecule has 0 saturated heterocycles. The van der Waals surface area contributed by atoms with E-state index in [1.165, 1.54) is 19.1 Å². The van der Waals surface area contributed by atoms with Crippen LogP contribution in [0.5, 0.6) is 5.75 Å². The van der Waals surface area contributed by atoms with Gasteiger partial charge in [0.05, 0.1) is 5.56 Å². The number of carboxylic acid groups (broad SMARTS) is 1. The molecule has 3 N–H and O–H groups in total. The summed E-state index contributed by atoms with van der Waals surface area (Å²) in [5.41, 5.74) is 1.08. The highest BCUT2D eigenvalue weighted by Gasteiger charge is 2.16. The van der Waals surface area contributed by atoms with E-state index in [1.54, 1.807) is 6.07 Å². The summed E-state index contributed by atoms with van der Waals surface area (Å²) in [6, 6.07) is 3.92. The van der Waals surface area contributed by atoms with E-state index in [9.17, 15) is 14.7 Å². The van der Waals surface area contributed by atoms with Crippen molar-refractivity contribution in [3.63, 3.8) is 0 Å². The van der Waals surface area contributed by atoms with Crippen molar-refractivity contribution in [2.24, 2.45) is 0 Å². The number of hydrogen-bond donors (Lipinski definition) is 3. The summed E-state index contributed by atoms with van der Waals surface area (Å²) in [5.74, 6) is -1.03. The molecule has 0 saturated carbocycles. The van der Waals surface area contributed by atoms with E-state index in [2.05, 4.69) is 5.32 Å². The zero-order chi connectivity index (χ0) is 16.3. The van der Waals surface area contributed by atoms with Gasteiger partial charge in [-0.05, 0) is 31.0 Å². The molecule has 0 spiro atoms. The number of aliphatic carboxylic acids is 1. The third-order valence-electron chi connectivity index (χ3n) is 3.55. The van der Waals surface area contributed by atoms with Gasteiger partial charge in [-0.2, -0.15) is 0 Å². The fourth-order valence-electron chi connectivity index (χ4n) is 2.33. The topological polar surface area (TPSA) is 99.8 Å². The molecular formula is C16H19NO5. The second kappa shape index (κ2) is 6.62. The monoisotopic (exact) mass is 305 g/mol. The van der Waals surface area contributed by atoms with Crippen molar-refractivity contribution in [2.75, 3.05) is 0 Å². The second-order valence-corrected chi connectivity index (χ2v) is 5.22. The first kappa shape index (κ1) is 16.0. The fraction of sp³-hybridized carbons (Fsp3) is 0.375. The van der Waals surface area contributed by atoms with Crippen molar-refractivity contribution in [1.82, 2.24) is 5.32 Å². The molecule has 2 rings (SSSR count). The van der Waals surface area contributed by atoms with Crippen LogP contribution < -0.4 is 10.9 Å². The van der Waals surface area contributed by atoms with E-state index in [4.69, 9.17) is 9.52 Å². The Hall–Kier alpha value is -2.34. The molecule has 0 aliphatic carbocycles. The quantitative estimate of drug-likeness (QED) is 0.706. The minimum absolute atomic E-state index is 0.0330. The number of carboxylic acids is 1. The molecule has 1 aromatic heterocycles. The highest BCUT2D eigenvalue weighted by molar-refractivity contribution is 5.85. The lowest BCUT2D eigenvalue weighted by atomic mass is 10.0. The molecule has 2 aromatic rings. The van der Waals surface area contributed by atoms with Crippen molar-refractivity contribution >= 4 is 16.9 Å². The van der Waals surface area contributed by atoms with Crippen LogP contribution in [0, 0.1) is 0 Å². The molecular weight excluding hydrogens is 286 g/mol. The summed E-state index contributed by atoms with van der Waals surface area (Å²) < 4.78 is 5.25. The van der Waals surface area contributed by atoms with Crippen LogP contribution in [0.15, 0.2) is 27.4 Å². The Morgan fingerprint density at radius 2 is 2.14 bits per heavy atom. The van der Waals surface area contributed by atoms with Crippen LogP contribution >= 0.6 is 0 Å². The molecule has 118 valence electrons. The van der Waals surface area contributed by atoms with Crippen LogP contribution in [0.4, 0.5) is 0 Å². The number of aryl methyl sites for hydroxylation is 1. The van der Waals surface area contributed by atoms with Crippen LogP contribution in [-0.4, -0.2) is 22.2 Å². The van der Waals surface area contributed by atoms with Crippen molar-refractivity contribution in [1.29, 1.82) is 0 Å². The lowest BCUT2D eigenvalue weighted by Gasteiger charge is -2.13. The molecule has 0 aliphatic heterocycles. The first-order chi connectivity index (χ1) is 10.4. The van der Waals surface area contributed by atoms with Crippen molar-refractivity contribution in [3.8, 4) is 5.75 Å². The molecule has 1 atom stereocenters. The van der Waals surface area contributed by atoms with Crippen molar-refractivity contribution in [3.05, 3.63) is 39.7 Å². The van der Waals surface area contributed by atoms with Crippen molar-refractivity contribution < 1.29 is 19.4 Å². The van der Waals surface area contributed by atoms with Gasteiger partial charge in [0.15, 0.2) is 0 Å².